The molecule has 0 bridgehead atoms. The molecule has 0 aromatic heterocycles. The van der Waals surface area contributed by atoms with Crippen LogP contribution >= 0.6 is 15.9 Å². The third kappa shape index (κ3) is 3.36. The molecule has 2 rings (SSSR count). The van der Waals surface area contributed by atoms with Crippen LogP contribution in [0.5, 0.6) is 0 Å². The van der Waals surface area contributed by atoms with Crippen molar-refractivity contribution < 1.29 is 30.6 Å². The zero-order valence-corrected chi connectivity index (χ0v) is 13.2. The first kappa shape index (κ1) is 16.6. The van der Waals surface area contributed by atoms with E-state index in [1.165, 1.54) is 0 Å². The first-order chi connectivity index (χ1) is 9.63. The van der Waals surface area contributed by atoms with Crippen LogP contribution in [0.15, 0.2) is 10.2 Å². The van der Waals surface area contributed by atoms with E-state index in [0.29, 0.717) is 44.2 Å². The summed E-state index contributed by atoms with van der Waals surface area (Å²) < 4.78 is 62.8. The molecule has 120 valence electrons. The summed E-state index contributed by atoms with van der Waals surface area (Å²) in [5.41, 5.74) is -5.09. The van der Waals surface area contributed by atoms with Crippen molar-refractivity contribution in [3.05, 3.63) is 10.2 Å². The van der Waals surface area contributed by atoms with Crippen molar-refractivity contribution in [2.24, 2.45) is 0 Å². The molecule has 2 fully saturated rings. The number of carbonyl (C=O) groups excluding carboxylic acids is 1. The number of alkyl halides is 3. The van der Waals surface area contributed by atoms with Crippen molar-refractivity contribution in [2.75, 3.05) is 6.54 Å². The van der Waals surface area contributed by atoms with Crippen LogP contribution in [-0.2, 0) is 19.1 Å². The smallest absolute Gasteiger partial charge is 0.368 e. The molecule has 0 saturated carbocycles. The Morgan fingerprint density at radius 2 is 1.95 bits per heavy atom. The van der Waals surface area contributed by atoms with E-state index in [-0.39, 0.29) is 5.91 Å². The highest BCUT2D eigenvalue weighted by Gasteiger charge is 2.49. The number of fused-ring (bicyclic) bond motifs is 1. The van der Waals surface area contributed by atoms with Gasteiger partial charge in [-0.1, -0.05) is 0 Å². The van der Waals surface area contributed by atoms with Crippen LogP contribution in [0.2, 0.25) is 0 Å². The quantitative estimate of drug-likeness (QED) is 0.412. The topological polar surface area (TPSA) is 63.7 Å². The standard InChI is InChI=1S/C11H13BrF3NO4S/c12-10(20-21(18,19)11(13,14)15)7-3-2-6-16-8(7)4-1-5-9(16)17/h8H,1-6H2/b10-7-/t8-/m1/s1. The lowest BCUT2D eigenvalue weighted by molar-refractivity contribution is -0.136. The molecule has 0 aromatic carbocycles. The van der Waals surface area contributed by atoms with Gasteiger partial charge in [-0.05, 0) is 41.6 Å². The number of hydrogen-bond donors (Lipinski definition) is 0. The minimum Gasteiger partial charge on any atom is -0.368 e. The molecule has 0 N–H and O–H groups in total. The predicted molar refractivity (Wildman–Crippen MR) is 70.6 cm³/mol. The summed E-state index contributed by atoms with van der Waals surface area (Å²) in [6.45, 7) is 0.527. The van der Waals surface area contributed by atoms with Crippen LogP contribution in [0, 0.1) is 0 Å². The van der Waals surface area contributed by atoms with Gasteiger partial charge in [0.25, 0.3) is 0 Å². The Balaban J connectivity index is 2.27. The van der Waals surface area contributed by atoms with Gasteiger partial charge in [-0.2, -0.15) is 21.6 Å². The number of piperidine rings is 2. The fourth-order valence-electron chi connectivity index (χ4n) is 2.60. The molecule has 2 aliphatic rings. The number of halogens is 4. The van der Waals surface area contributed by atoms with E-state index in [4.69, 9.17) is 0 Å². The monoisotopic (exact) mass is 391 g/mol. The van der Waals surface area contributed by atoms with Crippen LogP contribution in [0.3, 0.4) is 0 Å². The Bertz CT molecular complexity index is 573. The van der Waals surface area contributed by atoms with Crippen molar-refractivity contribution >= 4 is 32.0 Å². The molecule has 2 aliphatic heterocycles. The molecule has 1 amide bonds. The lowest BCUT2D eigenvalue weighted by atomic mass is 9.89. The second-order valence-corrected chi connectivity index (χ2v) is 7.14. The lowest BCUT2D eigenvalue weighted by Gasteiger charge is -2.41. The van der Waals surface area contributed by atoms with Crippen molar-refractivity contribution in [1.82, 2.24) is 4.90 Å². The fourth-order valence-corrected chi connectivity index (χ4v) is 3.97. The van der Waals surface area contributed by atoms with Crippen LogP contribution in [-0.4, -0.2) is 37.3 Å². The Kier molecular flexibility index (Phi) is 4.57. The fraction of sp³-hybridized carbons (Fsp3) is 0.727. The second kappa shape index (κ2) is 5.79. The Morgan fingerprint density at radius 1 is 1.29 bits per heavy atom. The molecule has 0 aromatic rings. The van der Waals surface area contributed by atoms with Gasteiger partial charge in [0.1, 0.15) is 0 Å². The summed E-state index contributed by atoms with van der Waals surface area (Å²) in [6.07, 6.45) is 2.56. The largest absolute Gasteiger partial charge is 0.534 e. The molecule has 21 heavy (non-hydrogen) atoms. The van der Waals surface area contributed by atoms with Gasteiger partial charge in [0, 0.05) is 18.5 Å². The van der Waals surface area contributed by atoms with Crippen LogP contribution in [0.1, 0.15) is 32.1 Å². The zero-order chi connectivity index (χ0) is 15.8. The van der Waals surface area contributed by atoms with Crippen molar-refractivity contribution in [2.45, 2.75) is 43.7 Å². The lowest BCUT2D eigenvalue weighted by Crippen LogP contribution is -2.48. The average molecular weight is 392 g/mol. The first-order valence-electron chi connectivity index (χ1n) is 6.32. The van der Waals surface area contributed by atoms with E-state index in [0.717, 1.165) is 0 Å². The number of rotatable bonds is 2. The van der Waals surface area contributed by atoms with Crippen LogP contribution in [0.4, 0.5) is 13.2 Å². The van der Waals surface area contributed by atoms with Gasteiger partial charge in [-0.25, -0.2) is 0 Å². The third-order valence-electron chi connectivity index (χ3n) is 3.53. The van der Waals surface area contributed by atoms with E-state index >= 15 is 0 Å². The second-order valence-electron chi connectivity index (χ2n) is 4.88. The number of nitrogens with zero attached hydrogens (tertiary/aromatic N) is 1. The molecule has 0 aliphatic carbocycles. The Hall–Kier alpha value is -0.770. The molecular weight excluding hydrogens is 379 g/mol. The normalized spacial score (nSPS) is 26.4. The highest BCUT2D eigenvalue weighted by Crippen LogP contribution is 2.37. The maximum absolute atomic E-state index is 12.3. The molecular formula is C11H13BrF3NO4S. The highest BCUT2D eigenvalue weighted by atomic mass is 79.9. The van der Waals surface area contributed by atoms with Crippen molar-refractivity contribution in [3.8, 4) is 0 Å². The van der Waals surface area contributed by atoms with Gasteiger partial charge >= 0.3 is 15.6 Å². The summed E-state index contributed by atoms with van der Waals surface area (Å²) in [5.74, 6) is -0.0672. The van der Waals surface area contributed by atoms with E-state index < -0.39 is 26.3 Å². The first-order valence-corrected chi connectivity index (χ1v) is 8.52. The predicted octanol–water partition coefficient (Wildman–Crippen LogP) is 2.63. The Morgan fingerprint density at radius 3 is 2.57 bits per heavy atom. The summed E-state index contributed by atoms with van der Waals surface area (Å²) in [4.78, 5) is 13.4. The summed E-state index contributed by atoms with van der Waals surface area (Å²) >= 11 is 2.79. The van der Waals surface area contributed by atoms with Crippen molar-refractivity contribution in [3.63, 3.8) is 0 Å². The van der Waals surface area contributed by atoms with E-state index in [1.54, 1.807) is 4.90 Å². The van der Waals surface area contributed by atoms with E-state index in [9.17, 15) is 26.4 Å². The van der Waals surface area contributed by atoms with Gasteiger partial charge in [-0.3, -0.25) is 4.79 Å². The van der Waals surface area contributed by atoms with Crippen molar-refractivity contribution in [1.29, 1.82) is 0 Å². The minimum absolute atomic E-state index is 0.0672. The summed E-state index contributed by atoms with van der Waals surface area (Å²) in [5, 5.41) is 0. The molecule has 2 saturated heterocycles. The van der Waals surface area contributed by atoms with Gasteiger partial charge in [0.15, 0.2) is 4.67 Å². The number of carbonyl (C=O) groups is 1. The molecule has 5 nitrogen and oxygen atoms in total. The molecule has 1 atom stereocenters. The van der Waals surface area contributed by atoms with Gasteiger partial charge in [0.05, 0.1) is 6.04 Å². The maximum Gasteiger partial charge on any atom is 0.534 e. The third-order valence-corrected chi connectivity index (χ3v) is 5.37. The zero-order valence-electron chi connectivity index (χ0n) is 10.8. The molecule has 0 spiro atoms. The molecule has 10 heteroatoms. The van der Waals surface area contributed by atoms with Crippen LogP contribution < -0.4 is 0 Å². The van der Waals surface area contributed by atoms with E-state index in [1.807, 2.05) is 0 Å². The maximum atomic E-state index is 12.3. The van der Waals surface area contributed by atoms with Gasteiger partial charge < -0.3 is 9.08 Å². The Labute approximate surface area is 128 Å². The average Bonchev–Trinajstić information content (AvgIpc) is 2.36. The molecule has 2 heterocycles. The molecule has 0 radical (unpaired) electrons. The van der Waals surface area contributed by atoms with E-state index in [2.05, 4.69) is 20.1 Å². The minimum atomic E-state index is -5.71. The summed E-state index contributed by atoms with van der Waals surface area (Å²) in [7, 11) is -5.71. The highest BCUT2D eigenvalue weighted by molar-refractivity contribution is 9.11. The molecule has 0 unspecified atom stereocenters. The summed E-state index contributed by atoms with van der Waals surface area (Å²) in [6, 6.07) is -0.391. The van der Waals surface area contributed by atoms with Gasteiger partial charge in [0.2, 0.25) is 5.91 Å². The number of hydrogen-bond acceptors (Lipinski definition) is 4. The SMILES string of the molecule is O=C1CCC[C@@H]2/C(=C(/Br)OS(=O)(=O)C(F)(F)F)CCCN12. The van der Waals surface area contributed by atoms with Gasteiger partial charge in [-0.15, -0.1) is 0 Å². The van der Waals surface area contributed by atoms with Crippen LogP contribution in [0.25, 0.3) is 0 Å². The number of amides is 1.